The zero-order valence-electron chi connectivity index (χ0n) is 6.28. The topological polar surface area (TPSA) is 0 Å². The SMILES string of the molecule is c1cc2c3c(cccc3c1)[Se]S2. The van der Waals surface area contributed by atoms with Crippen molar-refractivity contribution in [2.45, 2.75) is 4.90 Å². The second-order valence-electron chi connectivity index (χ2n) is 2.78. The number of hydrogen-bond acceptors (Lipinski definition) is 1. The molecular weight excluding hydrogens is 231 g/mol. The molecule has 0 unspecified atom stereocenters. The van der Waals surface area contributed by atoms with E-state index in [0.717, 1.165) is 0 Å². The summed E-state index contributed by atoms with van der Waals surface area (Å²) in [5.41, 5.74) is 0. The molecule has 0 saturated carbocycles. The molecule has 0 amide bonds. The molecule has 0 atom stereocenters. The summed E-state index contributed by atoms with van der Waals surface area (Å²) >= 11 is 0.614. The zero-order chi connectivity index (χ0) is 7.97. The number of hydrogen-bond donors (Lipinski definition) is 0. The van der Waals surface area contributed by atoms with Crippen molar-refractivity contribution in [3.63, 3.8) is 0 Å². The molecule has 2 aromatic carbocycles. The number of benzene rings is 2. The van der Waals surface area contributed by atoms with Gasteiger partial charge in [-0.1, -0.05) is 0 Å². The van der Waals surface area contributed by atoms with Crippen LogP contribution < -0.4 is 4.46 Å². The average molecular weight is 237 g/mol. The van der Waals surface area contributed by atoms with Crippen LogP contribution in [0.1, 0.15) is 0 Å². The standard InChI is InChI=1S/C10H6SSe/c1-3-7-4-2-6-9-10(7)8(5-1)11-12-9/h1-6H. The molecule has 12 heavy (non-hydrogen) atoms. The van der Waals surface area contributed by atoms with E-state index in [1.165, 1.54) is 15.7 Å². The Morgan fingerprint density at radius 2 is 1.83 bits per heavy atom. The molecule has 1 aliphatic rings. The van der Waals surface area contributed by atoms with Gasteiger partial charge in [-0.15, -0.1) is 0 Å². The maximum atomic E-state index is 2.26. The third-order valence-electron chi connectivity index (χ3n) is 2.05. The molecule has 0 bridgehead atoms. The average Bonchev–Trinajstić information content (AvgIpc) is 2.52. The van der Waals surface area contributed by atoms with Gasteiger partial charge in [-0.2, -0.15) is 0 Å². The summed E-state index contributed by atoms with van der Waals surface area (Å²) in [6.07, 6.45) is 0. The molecule has 0 fully saturated rings. The van der Waals surface area contributed by atoms with Crippen molar-refractivity contribution in [3.05, 3.63) is 36.4 Å². The van der Waals surface area contributed by atoms with E-state index in [2.05, 4.69) is 36.4 Å². The normalized spacial score (nSPS) is 14.0. The molecule has 1 aliphatic heterocycles. The van der Waals surface area contributed by atoms with Crippen LogP contribution in [0.25, 0.3) is 10.8 Å². The summed E-state index contributed by atoms with van der Waals surface area (Å²) in [5.74, 6) is 0. The van der Waals surface area contributed by atoms with E-state index in [4.69, 9.17) is 0 Å². The Kier molecular flexibility index (Phi) is 1.48. The van der Waals surface area contributed by atoms with Crippen molar-refractivity contribution in [3.8, 4) is 0 Å². The van der Waals surface area contributed by atoms with E-state index in [9.17, 15) is 0 Å². The van der Waals surface area contributed by atoms with Crippen molar-refractivity contribution in [1.29, 1.82) is 0 Å². The number of rotatable bonds is 0. The van der Waals surface area contributed by atoms with Gasteiger partial charge >= 0.3 is 80.5 Å². The van der Waals surface area contributed by atoms with Gasteiger partial charge in [0, 0.05) is 0 Å². The molecule has 58 valence electrons. The van der Waals surface area contributed by atoms with Crippen LogP contribution in [0.2, 0.25) is 0 Å². The molecule has 2 aromatic rings. The van der Waals surface area contributed by atoms with Gasteiger partial charge in [0.1, 0.15) is 0 Å². The molecule has 0 nitrogen and oxygen atoms in total. The molecular formula is C10H6SSe. The minimum atomic E-state index is 0.614. The molecule has 0 saturated heterocycles. The van der Waals surface area contributed by atoms with Crippen LogP contribution in [0.3, 0.4) is 0 Å². The van der Waals surface area contributed by atoms with E-state index < -0.39 is 0 Å². The molecule has 0 N–H and O–H groups in total. The van der Waals surface area contributed by atoms with Crippen molar-refractivity contribution < 1.29 is 0 Å². The van der Waals surface area contributed by atoms with Gasteiger partial charge in [-0.25, -0.2) is 0 Å². The van der Waals surface area contributed by atoms with Crippen LogP contribution in [0.5, 0.6) is 0 Å². The first-order valence-corrected chi connectivity index (χ1v) is 7.51. The monoisotopic (exact) mass is 238 g/mol. The van der Waals surface area contributed by atoms with Crippen LogP contribution in [0, 0.1) is 0 Å². The third-order valence-corrected chi connectivity index (χ3v) is 6.33. The Bertz CT molecular complexity index is 412. The summed E-state index contributed by atoms with van der Waals surface area (Å²) in [5, 5.41) is 2.90. The molecule has 0 spiro atoms. The molecule has 1 heterocycles. The first kappa shape index (κ1) is 7.02. The van der Waals surface area contributed by atoms with E-state index in [-0.39, 0.29) is 0 Å². The van der Waals surface area contributed by atoms with Gasteiger partial charge in [0.25, 0.3) is 0 Å². The molecule has 0 aromatic heterocycles. The van der Waals surface area contributed by atoms with Gasteiger partial charge < -0.3 is 0 Å². The second-order valence-corrected chi connectivity index (χ2v) is 6.57. The Labute approximate surface area is 80.6 Å². The van der Waals surface area contributed by atoms with E-state index in [0.29, 0.717) is 13.8 Å². The summed E-state index contributed by atoms with van der Waals surface area (Å²) < 4.78 is 1.56. The molecule has 2 heteroatoms. The maximum absolute atomic E-state index is 2.26. The van der Waals surface area contributed by atoms with Crippen LogP contribution in [0.15, 0.2) is 41.3 Å². The van der Waals surface area contributed by atoms with Crippen LogP contribution in [-0.4, -0.2) is 13.8 Å². The third kappa shape index (κ3) is 0.861. The Balaban J connectivity index is 2.58. The molecule has 3 rings (SSSR count). The zero-order valence-corrected chi connectivity index (χ0v) is 8.81. The van der Waals surface area contributed by atoms with E-state index in [1.807, 2.05) is 10.2 Å². The predicted octanol–water partition coefficient (Wildman–Crippen LogP) is 2.19. The summed E-state index contributed by atoms with van der Waals surface area (Å²) in [4.78, 5) is 1.48. The Morgan fingerprint density at radius 3 is 2.75 bits per heavy atom. The summed E-state index contributed by atoms with van der Waals surface area (Å²) in [6, 6.07) is 13.2. The fourth-order valence-electron chi connectivity index (χ4n) is 1.50. The van der Waals surface area contributed by atoms with Gasteiger partial charge in [-0.3, -0.25) is 0 Å². The van der Waals surface area contributed by atoms with Crippen LogP contribution >= 0.6 is 10.2 Å². The van der Waals surface area contributed by atoms with Crippen molar-refractivity contribution in [1.82, 2.24) is 0 Å². The van der Waals surface area contributed by atoms with Crippen molar-refractivity contribution >= 4 is 39.3 Å². The quantitative estimate of drug-likeness (QED) is 0.633. The fraction of sp³-hybridized carbons (Fsp3) is 0. The second kappa shape index (κ2) is 2.53. The first-order chi connectivity index (χ1) is 5.95. The van der Waals surface area contributed by atoms with Gasteiger partial charge in [-0.05, 0) is 0 Å². The fourth-order valence-corrected chi connectivity index (χ4v) is 5.93. The van der Waals surface area contributed by atoms with E-state index in [1.54, 1.807) is 4.46 Å². The van der Waals surface area contributed by atoms with E-state index >= 15 is 0 Å². The predicted molar refractivity (Wildman–Crippen MR) is 55.2 cm³/mol. The summed E-state index contributed by atoms with van der Waals surface area (Å²) in [6.45, 7) is 0. The van der Waals surface area contributed by atoms with Crippen molar-refractivity contribution in [2.75, 3.05) is 0 Å². The van der Waals surface area contributed by atoms with Crippen molar-refractivity contribution in [2.24, 2.45) is 0 Å². The minimum absolute atomic E-state index is 0.614. The Morgan fingerprint density at radius 1 is 1.00 bits per heavy atom. The van der Waals surface area contributed by atoms with Gasteiger partial charge in [0.15, 0.2) is 0 Å². The summed E-state index contributed by atoms with van der Waals surface area (Å²) in [7, 11) is 2.01. The Hall–Kier alpha value is -0.431. The molecule has 0 aliphatic carbocycles. The van der Waals surface area contributed by atoms with Crippen LogP contribution in [0.4, 0.5) is 0 Å². The van der Waals surface area contributed by atoms with Gasteiger partial charge in [0.2, 0.25) is 0 Å². The van der Waals surface area contributed by atoms with Gasteiger partial charge in [0.05, 0.1) is 0 Å². The molecule has 0 radical (unpaired) electrons. The van der Waals surface area contributed by atoms with Crippen LogP contribution in [-0.2, 0) is 0 Å². The first-order valence-electron chi connectivity index (χ1n) is 3.81.